The summed E-state index contributed by atoms with van der Waals surface area (Å²) in [6.45, 7) is 0. The molecule has 3 heterocycles. The molecule has 2 bridgehead atoms. The van der Waals surface area contributed by atoms with Crippen molar-refractivity contribution >= 4 is 33.6 Å². The molecule has 1 aromatic heterocycles. The number of furan rings is 1. The van der Waals surface area contributed by atoms with Crippen LogP contribution in [0.25, 0.3) is 44.2 Å². The maximum atomic E-state index is 6.59. The summed E-state index contributed by atoms with van der Waals surface area (Å²) in [6.07, 6.45) is 1.56. The van der Waals surface area contributed by atoms with Gasteiger partial charge in [-0.15, -0.1) is 0 Å². The highest BCUT2D eigenvalue weighted by molar-refractivity contribution is 6.16. The van der Waals surface area contributed by atoms with Gasteiger partial charge in [0.1, 0.15) is 34.3 Å². The van der Waals surface area contributed by atoms with Crippen LogP contribution in [0.5, 0.6) is 11.5 Å². The first-order valence-electron chi connectivity index (χ1n) is 18.3. The first-order chi connectivity index (χ1) is 26.2. The lowest BCUT2D eigenvalue weighted by molar-refractivity contribution is 0.456. The summed E-state index contributed by atoms with van der Waals surface area (Å²) in [6, 6.07) is 55.3. The minimum absolute atomic E-state index is 0.256. The number of amidine groups is 2. The van der Waals surface area contributed by atoms with E-state index in [0.29, 0.717) is 0 Å². The second-order valence-electron chi connectivity index (χ2n) is 14.0. The van der Waals surface area contributed by atoms with E-state index in [4.69, 9.17) is 19.1 Å². The molecule has 1 aliphatic carbocycles. The monoisotopic (exact) mass is 683 g/mol. The fourth-order valence-corrected chi connectivity index (χ4v) is 8.52. The molecule has 0 spiro atoms. The molecule has 0 saturated heterocycles. The van der Waals surface area contributed by atoms with Crippen LogP contribution in [0.4, 0.5) is 0 Å². The fraction of sp³-hybridized carbons (Fsp3) is 0.0833. The van der Waals surface area contributed by atoms with Crippen LogP contribution in [0.1, 0.15) is 51.9 Å². The van der Waals surface area contributed by atoms with Crippen molar-refractivity contribution < 1.29 is 9.15 Å². The smallest absolute Gasteiger partial charge is 0.170 e. The number of fused-ring (bicyclic) bond motifs is 10. The third-order valence-electron chi connectivity index (χ3n) is 11.0. The second-order valence-corrected chi connectivity index (χ2v) is 14.0. The maximum Gasteiger partial charge on any atom is 0.170 e. The first-order valence-corrected chi connectivity index (χ1v) is 18.3. The minimum Gasteiger partial charge on any atom is -0.457 e. The zero-order valence-corrected chi connectivity index (χ0v) is 28.8. The Morgan fingerprint density at radius 1 is 0.509 bits per heavy atom. The Labute approximate surface area is 307 Å². The molecular formula is C48H33N3O2. The number of nitrogens with zero attached hydrogens (tertiary/aromatic N) is 2. The van der Waals surface area contributed by atoms with Gasteiger partial charge in [0.05, 0.1) is 0 Å². The Kier molecular flexibility index (Phi) is 6.74. The van der Waals surface area contributed by atoms with Crippen LogP contribution >= 0.6 is 0 Å². The van der Waals surface area contributed by atoms with Crippen LogP contribution in [-0.4, -0.2) is 11.7 Å². The van der Waals surface area contributed by atoms with Crippen molar-refractivity contribution in [3.8, 4) is 33.8 Å². The number of aliphatic imine (C=N–C) groups is 2. The molecule has 53 heavy (non-hydrogen) atoms. The van der Waals surface area contributed by atoms with Crippen molar-refractivity contribution in [2.45, 2.75) is 24.9 Å². The van der Waals surface area contributed by atoms with E-state index < -0.39 is 6.17 Å². The number of hydrogen-bond acceptors (Lipinski definition) is 5. The third-order valence-corrected chi connectivity index (χ3v) is 11.0. The SMILES string of the molecule is c1ccc(C2=NC(c3cccc4oc5ccc(-c6ccc7c(c6)-c6cccc8c6CCC7c6ccccc6O8)cc5c34)N=C(c3ccccc3)N2)cc1. The zero-order valence-electron chi connectivity index (χ0n) is 28.8. The first kappa shape index (κ1) is 30.0. The summed E-state index contributed by atoms with van der Waals surface area (Å²) in [5.74, 6) is 3.75. The van der Waals surface area contributed by atoms with Crippen LogP contribution in [-0.2, 0) is 6.42 Å². The lowest BCUT2D eigenvalue weighted by Crippen LogP contribution is -2.36. The van der Waals surface area contributed by atoms with Gasteiger partial charge in [-0.25, -0.2) is 9.98 Å². The molecule has 252 valence electrons. The number of benzene rings is 7. The number of hydrogen-bond donors (Lipinski definition) is 1. The molecule has 0 amide bonds. The van der Waals surface area contributed by atoms with Crippen molar-refractivity contribution in [3.63, 3.8) is 0 Å². The topological polar surface area (TPSA) is 59.1 Å². The quantitative estimate of drug-likeness (QED) is 0.201. The van der Waals surface area contributed by atoms with E-state index in [1.165, 1.54) is 33.4 Å². The summed E-state index contributed by atoms with van der Waals surface area (Å²) in [5.41, 5.74) is 13.4. The molecule has 1 atom stereocenters. The van der Waals surface area contributed by atoms with Crippen molar-refractivity contribution in [2.24, 2.45) is 9.98 Å². The summed E-state index contributed by atoms with van der Waals surface area (Å²) >= 11 is 0. The Hall–Kier alpha value is -6.72. The van der Waals surface area contributed by atoms with E-state index in [2.05, 4.69) is 115 Å². The van der Waals surface area contributed by atoms with E-state index >= 15 is 0 Å². The van der Waals surface area contributed by atoms with Gasteiger partial charge in [-0.05, 0) is 77.1 Å². The summed E-state index contributed by atoms with van der Waals surface area (Å²) in [7, 11) is 0. The van der Waals surface area contributed by atoms with Gasteiger partial charge < -0.3 is 14.5 Å². The summed E-state index contributed by atoms with van der Waals surface area (Å²) < 4.78 is 13.1. The van der Waals surface area contributed by atoms with Gasteiger partial charge in [-0.1, -0.05) is 121 Å². The Balaban J connectivity index is 1.07. The highest BCUT2D eigenvalue weighted by atomic mass is 16.5. The van der Waals surface area contributed by atoms with Crippen LogP contribution in [0.3, 0.4) is 0 Å². The molecule has 1 unspecified atom stereocenters. The van der Waals surface area contributed by atoms with Crippen molar-refractivity contribution in [2.75, 3.05) is 0 Å². The molecule has 0 saturated carbocycles. The molecule has 11 rings (SSSR count). The van der Waals surface area contributed by atoms with E-state index in [-0.39, 0.29) is 5.92 Å². The van der Waals surface area contributed by atoms with Gasteiger partial charge in [0.25, 0.3) is 0 Å². The van der Waals surface area contributed by atoms with Crippen LogP contribution in [0.2, 0.25) is 0 Å². The predicted molar refractivity (Wildman–Crippen MR) is 213 cm³/mol. The minimum atomic E-state index is -0.468. The molecule has 0 radical (unpaired) electrons. The highest BCUT2D eigenvalue weighted by Crippen LogP contribution is 2.50. The highest BCUT2D eigenvalue weighted by Gasteiger charge is 2.30. The van der Waals surface area contributed by atoms with Gasteiger partial charge >= 0.3 is 0 Å². The third kappa shape index (κ3) is 4.92. The number of ether oxygens (including phenoxy) is 1. The molecule has 2 aliphatic heterocycles. The standard InChI is InChI=1S/C48H33N3O2/c1-3-11-29(12-4-1)46-49-47(30-13-5-2-6-14-30)51-48(50-46)38-17-10-20-44-45(38)40-28-32(22-26-43(40)53-44)31-21-23-35-34-24-25-37-33(39(35)27-31)16-9-19-42(37)52-41-18-8-7-15-36(34)41/h1-23,26-28,34,48H,24-25H2,(H,49,50,51). The summed E-state index contributed by atoms with van der Waals surface area (Å²) in [4.78, 5) is 10.4. The number of para-hydroxylation sites is 1. The molecule has 1 N–H and O–H groups in total. The van der Waals surface area contributed by atoms with E-state index in [9.17, 15) is 0 Å². The molecule has 8 aromatic rings. The molecule has 7 aromatic carbocycles. The Bertz CT molecular complexity index is 2740. The zero-order chi connectivity index (χ0) is 34.9. The van der Waals surface area contributed by atoms with Gasteiger partial charge in [-0.2, -0.15) is 0 Å². The van der Waals surface area contributed by atoms with Crippen LogP contribution < -0.4 is 10.1 Å². The van der Waals surface area contributed by atoms with Crippen molar-refractivity contribution in [1.29, 1.82) is 0 Å². The number of nitrogens with one attached hydrogen (secondary N) is 1. The van der Waals surface area contributed by atoms with Gasteiger partial charge in [-0.3, -0.25) is 0 Å². The average Bonchev–Trinajstić information content (AvgIpc) is 3.51. The molecular weight excluding hydrogens is 651 g/mol. The Morgan fingerprint density at radius 3 is 2.00 bits per heavy atom. The molecule has 5 heteroatoms. The normalized spacial score (nSPS) is 16.0. The lowest BCUT2D eigenvalue weighted by Gasteiger charge is -2.23. The number of rotatable bonds is 4. The Morgan fingerprint density at radius 2 is 1.19 bits per heavy atom. The van der Waals surface area contributed by atoms with Gasteiger partial charge in [0.15, 0.2) is 6.17 Å². The van der Waals surface area contributed by atoms with Crippen LogP contribution in [0, 0.1) is 0 Å². The van der Waals surface area contributed by atoms with Gasteiger partial charge in [0.2, 0.25) is 0 Å². The molecule has 3 aliphatic rings. The van der Waals surface area contributed by atoms with Crippen molar-refractivity contribution in [3.05, 3.63) is 191 Å². The van der Waals surface area contributed by atoms with Crippen molar-refractivity contribution in [1.82, 2.24) is 5.32 Å². The van der Waals surface area contributed by atoms with E-state index in [0.717, 1.165) is 80.2 Å². The second kappa shape index (κ2) is 11.9. The maximum absolute atomic E-state index is 6.59. The lowest BCUT2D eigenvalue weighted by atomic mass is 9.84. The fourth-order valence-electron chi connectivity index (χ4n) is 8.52. The summed E-state index contributed by atoms with van der Waals surface area (Å²) in [5, 5.41) is 5.61. The largest absolute Gasteiger partial charge is 0.457 e. The van der Waals surface area contributed by atoms with Gasteiger partial charge in [0, 0.05) is 44.5 Å². The van der Waals surface area contributed by atoms with Crippen LogP contribution in [0.15, 0.2) is 172 Å². The molecule has 5 nitrogen and oxygen atoms in total. The molecule has 0 fully saturated rings. The predicted octanol–water partition coefficient (Wildman–Crippen LogP) is 11.6. The average molecular weight is 684 g/mol. The van der Waals surface area contributed by atoms with E-state index in [1.54, 1.807) is 0 Å². The van der Waals surface area contributed by atoms with E-state index in [1.807, 2.05) is 48.5 Å².